The number of azide groups is 3. The fraction of sp³-hybridized carbons (Fsp3) is 0.886. The predicted molar refractivity (Wildman–Crippen MR) is 442 cm³/mol. The molecule has 12 fully saturated rings. The van der Waals surface area contributed by atoms with E-state index in [1.165, 1.54) is 106 Å². The maximum atomic E-state index is 11.7. The van der Waals surface area contributed by atoms with Gasteiger partial charge in [-0.3, -0.25) is 13.8 Å². The molecule has 0 aromatic heterocycles. The third-order valence-corrected chi connectivity index (χ3v) is 35.0. The number of nitrogens with two attached hydrogens (primary N) is 2. The highest BCUT2D eigenvalue weighted by Crippen LogP contribution is 2.69. The Hall–Kier alpha value is -4.46. The lowest BCUT2D eigenvalue weighted by atomic mass is 9.49. The molecule has 21 nitrogen and oxygen atoms in total. The molecule has 0 bridgehead atoms. The summed E-state index contributed by atoms with van der Waals surface area (Å²) in [5.41, 5.74) is 46.5. The van der Waals surface area contributed by atoms with Crippen molar-refractivity contribution >= 4 is 22.1 Å². The number of carbonyl (C=O) groups is 2. The molecule has 0 aliphatic heterocycles. The Labute approximate surface area is 663 Å². The molecule has 0 heterocycles. The van der Waals surface area contributed by atoms with Crippen LogP contribution in [-0.4, -0.2) is 111 Å². The maximum absolute atomic E-state index is 11.7. The van der Waals surface area contributed by atoms with Gasteiger partial charge in [0.2, 0.25) is 0 Å². The van der Waals surface area contributed by atoms with Gasteiger partial charge in [0.1, 0.15) is 0 Å². The van der Waals surface area contributed by atoms with Crippen LogP contribution in [0.25, 0.3) is 31.3 Å². The summed E-state index contributed by atoms with van der Waals surface area (Å²) in [6.45, 7) is 49.8. The number of rotatable bonds is 17. The van der Waals surface area contributed by atoms with Gasteiger partial charge in [-0.2, -0.15) is 8.42 Å². The van der Waals surface area contributed by atoms with E-state index in [0.717, 1.165) is 129 Å². The summed E-state index contributed by atoms with van der Waals surface area (Å²) in [6, 6.07) is 0. The molecule has 0 aromatic rings. The molecule has 28 atom stereocenters. The highest BCUT2D eigenvalue weighted by Gasteiger charge is 2.61. The minimum atomic E-state index is -3.46. The number of nitrogens with zero attached hydrogens (tertiary/aromatic N) is 9. The molecule has 12 aliphatic rings. The van der Waals surface area contributed by atoms with Gasteiger partial charge in [-0.15, -0.1) is 0 Å². The van der Waals surface area contributed by atoms with Crippen molar-refractivity contribution in [2.75, 3.05) is 58.8 Å². The smallest absolute Gasteiger partial charge is 0.300 e. The molecule has 0 amide bonds. The minimum absolute atomic E-state index is 0.00189. The Morgan fingerprint density at radius 3 is 1.11 bits per heavy atom. The van der Waals surface area contributed by atoms with Crippen LogP contribution in [0.2, 0.25) is 0 Å². The summed E-state index contributed by atoms with van der Waals surface area (Å²) in [4.78, 5) is 27.2. The molecule has 12 saturated carbocycles. The number of fused-ring (bicyclic) bond motifs is 4. The Kier molecular flexibility index (Phi) is 32.5. The highest BCUT2D eigenvalue weighted by molar-refractivity contribution is 7.86. The summed E-state index contributed by atoms with van der Waals surface area (Å²) >= 11 is 0. The van der Waals surface area contributed by atoms with Crippen LogP contribution in [0, 0.1) is 156 Å². The molecular weight excluding hydrogens is 1400 g/mol. The molecule has 624 valence electrons. The van der Waals surface area contributed by atoms with Crippen LogP contribution in [0.1, 0.15) is 270 Å². The Bertz CT molecular complexity index is 3350. The molecule has 110 heavy (non-hydrogen) atoms. The van der Waals surface area contributed by atoms with Crippen molar-refractivity contribution in [1.82, 2.24) is 0 Å². The van der Waals surface area contributed by atoms with E-state index in [1.807, 2.05) is 0 Å². The molecular formula is C88H151N11O10S. The molecule has 0 aromatic carbocycles. The second-order valence-corrected chi connectivity index (χ2v) is 41.5. The van der Waals surface area contributed by atoms with Gasteiger partial charge in [-0.1, -0.05) is 159 Å². The molecule has 0 radical (unpaired) electrons. The number of carboxylic acid groups (broad SMARTS) is 2. The van der Waals surface area contributed by atoms with Gasteiger partial charge < -0.3 is 37.0 Å². The van der Waals surface area contributed by atoms with Crippen molar-refractivity contribution in [2.45, 2.75) is 276 Å². The van der Waals surface area contributed by atoms with Crippen LogP contribution in [0.4, 0.5) is 0 Å². The quantitative estimate of drug-likeness (QED) is 0.0235. The van der Waals surface area contributed by atoms with Crippen molar-refractivity contribution in [3.05, 3.63) is 79.9 Å². The van der Waals surface area contributed by atoms with E-state index in [2.05, 4.69) is 133 Å². The average Bonchev–Trinajstić information content (AvgIpc) is 1.46. The Morgan fingerprint density at radius 2 is 0.755 bits per heavy atom. The van der Waals surface area contributed by atoms with Crippen LogP contribution < -0.4 is 11.5 Å². The third kappa shape index (κ3) is 20.0. The van der Waals surface area contributed by atoms with Gasteiger partial charge in [-0.25, -0.2) is 0 Å². The maximum Gasteiger partial charge on any atom is 0.300 e. The average molecular weight is 1560 g/mol. The minimum Gasteiger partial charge on any atom is -0.481 e. The first-order valence-electron chi connectivity index (χ1n) is 42.9. The van der Waals surface area contributed by atoms with E-state index in [0.29, 0.717) is 145 Å². The van der Waals surface area contributed by atoms with Crippen molar-refractivity contribution < 1.29 is 47.7 Å². The standard InChI is InChI=1S/C22H37N3O3S.C21H34N6.C21H36O2.C20H36N2O.2C2H4O2/c1-15-8-10-22(4,17(12-15)14-28-29(5,26)27)20-9-11-21(3)16(2)6-7-19(21)18(20)13-24-25-23;1-14-7-9-21(4,16(11-14)12-24-26-22)19-8-10-20(3)15(2)5-6-18(20)17(19)13-25-27-23;1-14-7-9-21(4,16(11-14)12-22)19-8-10-20(3)15(2)5-6-18(20)17(19)13-23;1-13-4-5-17-16(12-22)18(7-9-19(13,17)2)20(3)8-6-15(23)10-14(20)11-21;2*1-2(3)4/h15,17-20H,2,6-14H2,1,3-5H3;14,16-19H,2,5-13H2,1,3-4H3;14,16-19,22-23H,2,5-13H2,1,3-4H3;14-18,23H,1,4-12,21-22H2,2-3H3;2*1H3,(H,3,4)/t15-,17+,18-,19-,20-,21+,22-;2*14-,16+,17-,18-,19-,20+,21-;14-,15+,16+,17+,18+,19-,20+;;/m0001../s1. The number of allylic oxidation sites excluding steroid dienone is 4. The Balaban J connectivity index is 0.000000198. The van der Waals surface area contributed by atoms with E-state index in [-0.39, 0.29) is 56.5 Å². The van der Waals surface area contributed by atoms with E-state index < -0.39 is 22.1 Å². The molecule has 22 heteroatoms. The van der Waals surface area contributed by atoms with Crippen LogP contribution >= 0.6 is 0 Å². The van der Waals surface area contributed by atoms with Crippen LogP contribution in [0.3, 0.4) is 0 Å². The zero-order chi connectivity index (χ0) is 81.9. The summed E-state index contributed by atoms with van der Waals surface area (Å²) in [5, 5.41) is 57.3. The fourth-order valence-corrected chi connectivity index (χ4v) is 27.6. The molecule has 0 saturated heterocycles. The topological polar surface area (TPSA) is 377 Å². The molecule has 0 spiro atoms. The van der Waals surface area contributed by atoms with Crippen molar-refractivity contribution in [2.24, 2.45) is 183 Å². The number of aliphatic hydroxyl groups is 3. The zero-order valence-corrected chi connectivity index (χ0v) is 71.5. The van der Waals surface area contributed by atoms with Gasteiger partial charge in [0.05, 0.1) is 19.0 Å². The summed E-state index contributed by atoms with van der Waals surface area (Å²) in [6.07, 6.45) is 33.0. The van der Waals surface area contributed by atoms with E-state index in [4.69, 9.17) is 52.0 Å². The molecule has 12 rings (SSSR count). The van der Waals surface area contributed by atoms with Crippen molar-refractivity contribution in [1.29, 1.82) is 0 Å². The number of aliphatic hydroxyl groups excluding tert-OH is 3. The number of carboxylic acids is 2. The predicted octanol–water partition coefficient (Wildman–Crippen LogP) is 20.4. The first-order chi connectivity index (χ1) is 51.6. The normalized spacial score (nSPS) is 43.8. The second-order valence-electron chi connectivity index (χ2n) is 39.9. The summed E-state index contributed by atoms with van der Waals surface area (Å²) < 4.78 is 28.7. The molecule has 9 N–H and O–H groups in total. The number of hydrogen-bond donors (Lipinski definition) is 7. The van der Waals surface area contributed by atoms with E-state index >= 15 is 0 Å². The largest absolute Gasteiger partial charge is 0.481 e. The van der Waals surface area contributed by atoms with Gasteiger partial charge in [0.25, 0.3) is 22.1 Å². The van der Waals surface area contributed by atoms with Crippen LogP contribution in [0.5, 0.6) is 0 Å². The SMILES string of the molecule is C=C1CC[C@H]2[C@H](CN)[C@@H]([C@@]3(C)CC[C@H](O)C[C@@H]3CN)CC[C@]12C.C=C1CC[C@H]2[C@H](CN=[N+]=[N-])[C@@H]([C@@]3(C)CC[C@H](C)C[C@@H]3CN=[N+]=[N-])CC[C@]12C.C=C1CC[C@H]2[C@H](CN=[N+]=[N-])[C@@H]([C@@]3(C)CC[C@H](C)C[C@@H]3COS(C)(=O)=O)CC[C@]12C.C=C1CC[C@H]2[C@H](CO)[C@@H]([C@@]3(C)CC[C@H](C)C[C@@H]3CO)CC[C@]12C.CC(=O)O.CC(=O)O. The number of aliphatic carboxylic acids is 2. The van der Waals surface area contributed by atoms with Crippen LogP contribution in [0.15, 0.2) is 64.0 Å². The monoisotopic (exact) mass is 1550 g/mol. The Morgan fingerprint density at radius 1 is 0.445 bits per heavy atom. The fourth-order valence-electron chi connectivity index (χ4n) is 27.2. The van der Waals surface area contributed by atoms with Gasteiger partial charge in [0.15, 0.2) is 0 Å². The number of hydrogen-bond acceptors (Lipinski definition) is 13. The lowest BCUT2D eigenvalue weighted by Gasteiger charge is -2.57. The highest BCUT2D eigenvalue weighted by atomic mass is 32.2. The van der Waals surface area contributed by atoms with E-state index in [9.17, 15) is 23.7 Å². The molecule has 12 aliphatic carbocycles. The molecule has 0 unspecified atom stereocenters. The van der Waals surface area contributed by atoms with Gasteiger partial charge >= 0.3 is 0 Å². The van der Waals surface area contributed by atoms with Crippen molar-refractivity contribution in [3.63, 3.8) is 0 Å². The lowest BCUT2D eigenvalue weighted by molar-refractivity contribution is -0.135. The van der Waals surface area contributed by atoms with E-state index in [1.54, 1.807) is 0 Å². The van der Waals surface area contributed by atoms with Crippen LogP contribution in [-0.2, 0) is 23.9 Å². The lowest BCUT2D eigenvalue weighted by Crippen LogP contribution is -2.53. The first kappa shape index (κ1) is 92.7. The second kappa shape index (κ2) is 38.5. The van der Waals surface area contributed by atoms with Gasteiger partial charge in [0, 0.05) is 61.4 Å². The first-order valence-corrected chi connectivity index (χ1v) is 44.7. The van der Waals surface area contributed by atoms with Gasteiger partial charge in [-0.05, 0) is 346 Å². The summed E-state index contributed by atoms with van der Waals surface area (Å²) in [7, 11) is -3.46. The van der Waals surface area contributed by atoms with Crippen molar-refractivity contribution in [3.8, 4) is 0 Å². The summed E-state index contributed by atoms with van der Waals surface area (Å²) in [5.74, 6) is 7.98. The third-order valence-electron chi connectivity index (χ3n) is 34.4. The zero-order valence-electron chi connectivity index (χ0n) is 70.7.